The van der Waals surface area contributed by atoms with Crippen LogP contribution in [0.4, 0.5) is 0 Å². The maximum absolute atomic E-state index is 12.0. The van der Waals surface area contributed by atoms with Crippen molar-refractivity contribution in [3.8, 4) is 5.75 Å². The maximum Gasteiger partial charge on any atom is 0.223 e. The number of piperidine rings is 1. The number of carbonyl (C=O) groups excluding carboxylic acids is 1. The highest BCUT2D eigenvalue weighted by atomic mass is 16.5. The van der Waals surface area contributed by atoms with E-state index >= 15 is 0 Å². The second kappa shape index (κ2) is 7.90. The van der Waals surface area contributed by atoms with Crippen LogP contribution in [0, 0.1) is 5.92 Å². The summed E-state index contributed by atoms with van der Waals surface area (Å²) in [6.45, 7) is 5.22. The summed E-state index contributed by atoms with van der Waals surface area (Å²) in [7, 11) is 0. The fourth-order valence-electron chi connectivity index (χ4n) is 2.56. The highest BCUT2D eigenvalue weighted by Gasteiger charge is 2.20. The van der Waals surface area contributed by atoms with E-state index in [2.05, 4.69) is 16.7 Å². The summed E-state index contributed by atoms with van der Waals surface area (Å²) in [5.74, 6) is 1.30. The van der Waals surface area contributed by atoms with Gasteiger partial charge in [0.2, 0.25) is 5.91 Å². The highest BCUT2D eigenvalue weighted by molar-refractivity contribution is 5.78. The van der Waals surface area contributed by atoms with E-state index in [1.54, 1.807) is 0 Å². The standard InChI is InChI=1S/C16H24N2O2/c1-2-20-15-6-4-3-5-13(15)9-12-18-16(19)14-7-10-17-11-8-14/h3-6,14,17H,2,7-12H2,1H3,(H,18,19). The zero-order chi connectivity index (χ0) is 14.2. The molecule has 0 radical (unpaired) electrons. The van der Waals surface area contributed by atoms with E-state index in [0.717, 1.165) is 43.7 Å². The van der Waals surface area contributed by atoms with Crippen molar-refractivity contribution in [3.63, 3.8) is 0 Å². The lowest BCUT2D eigenvalue weighted by atomic mass is 9.97. The number of ether oxygens (including phenoxy) is 1. The number of rotatable bonds is 6. The van der Waals surface area contributed by atoms with Crippen molar-refractivity contribution >= 4 is 5.91 Å². The van der Waals surface area contributed by atoms with Crippen LogP contribution >= 0.6 is 0 Å². The van der Waals surface area contributed by atoms with E-state index in [9.17, 15) is 4.79 Å². The van der Waals surface area contributed by atoms with Gasteiger partial charge in [-0.15, -0.1) is 0 Å². The molecule has 2 rings (SSSR count). The van der Waals surface area contributed by atoms with Crippen LogP contribution in [0.2, 0.25) is 0 Å². The molecule has 1 fully saturated rings. The molecule has 1 aliphatic heterocycles. The van der Waals surface area contributed by atoms with Gasteiger partial charge in [-0.2, -0.15) is 0 Å². The van der Waals surface area contributed by atoms with Gasteiger partial charge >= 0.3 is 0 Å². The Hall–Kier alpha value is -1.55. The summed E-state index contributed by atoms with van der Waals surface area (Å²) in [5.41, 5.74) is 1.15. The van der Waals surface area contributed by atoms with Gasteiger partial charge < -0.3 is 15.4 Å². The van der Waals surface area contributed by atoms with Gasteiger partial charge in [0.1, 0.15) is 5.75 Å². The molecule has 0 bridgehead atoms. The molecule has 0 unspecified atom stereocenters. The molecule has 20 heavy (non-hydrogen) atoms. The first kappa shape index (κ1) is 14.9. The fraction of sp³-hybridized carbons (Fsp3) is 0.562. The largest absolute Gasteiger partial charge is 0.494 e. The predicted octanol–water partition coefficient (Wildman–Crippen LogP) is 1.74. The minimum atomic E-state index is 0.179. The Labute approximate surface area is 120 Å². The first-order chi connectivity index (χ1) is 9.81. The Morgan fingerprint density at radius 1 is 1.35 bits per heavy atom. The van der Waals surface area contributed by atoms with Crippen molar-refractivity contribution in [2.45, 2.75) is 26.2 Å². The van der Waals surface area contributed by atoms with Crippen LogP contribution in [0.5, 0.6) is 5.75 Å². The Morgan fingerprint density at radius 3 is 2.85 bits per heavy atom. The van der Waals surface area contributed by atoms with Gasteiger partial charge in [0.05, 0.1) is 6.61 Å². The van der Waals surface area contributed by atoms with Crippen LogP contribution in [0.25, 0.3) is 0 Å². The molecule has 4 heteroatoms. The van der Waals surface area contributed by atoms with E-state index in [4.69, 9.17) is 4.74 Å². The number of nitrogens with one attached hydrogen (secondary N) is 2. The number of amides is 1. The first-order valence-corrected chi connectivity index (χ1v) is 7.50. The quantitative estimate of drug-likeness (QED) is 0.832. The number of carbonyl (C=O) groups is 1. The van der Waals surface area contributed by atoms with Crippen LogP contribution < -0.4 is 15.4 Å². The molecule has 1 aromatic carbocycles. The van der Waals surface area contributed by atoms with E-state index in [1.807, 2.05) is 25.1 Å². The molecule has 1 amide bonds. The molecule has 0 atom stereocenters. The van der Waals surface area contributed by atoms with Gasteiger partial charge in [-0.25, -0.2) is 0 Å². The Bertz CT molecular complexity index is 428. The summed E-state index contributed by atoms with van der Waals surface area (Å²) in [6, 6.07) is 8.02. The van der Waals surface area contributed by atoms with E-state index in [1.165, 1.54) is 0 Å². The van der Waals surface area contributed by atoms with Crippen LogP contribution in [-0.2, 0) is 11.2 Å². The van der Waals surface area contributed by atoms with Gasteiger partial charge in [0, 0.05) is 12.5 Å². The third-order valence-corrected chi connectivity index (χ3v) is 3.68. The molecule has 1 heterocycles. The van der Waals surface area contributed by atoms with Crippen LogP contribution in [-0.4, -0.2) is 32.1 Å². The molecule has 0 saturated carbocycles. The second-order valence-electron chi connectivity index (χ2n) is 5.11. The number of benzene rings is 1. The number of para-hydroxylation sites is 1. The molecule has 4 nitrogen and oxygen atoms in total. The van der Waals surface area contributed by atoms with Crippen molar-refractivity contribution in [1.29, 1.82) is 0 Å². The summed E-state index contributed by atoms with van der Waals surface area (Å²) in [4.78, 5) is 12.0. The fourth-order valence-corrected chi connectivity index (χ4v) is 2.56. The third-order valence-electron chi connectivity index (χ3n) is 3.68. The van der Waals surface area contributed by atoms with E-state index in [-0.39, 0.29) is 11.8 Å². The lowest BCUT2D eigenvalue weighted by Gasteiger charge is -2.21. The monoisotopic (exact) mass is 276 g/mol. The van der Waals surface area contributed by atoms with Crippen LogP contribution in [0.1, 0.15) is 25.3 Å². The van der Waals surface area contributed by atoms with Crippen molar-refractivity contribution in [3.05, 3.63) is 29.8 Å². The number of hydrogen-bond acceptors (Lipinski definition) is 3. The third kappa shape index (κ3) is 4.23. The lowest BCUT2D eigenvalue weighted by molar-refractivity contribution is -0.125. The lowest BCUT2D eigenvalue weighted by Crippen LogP contribution is -2.38. The minimum Gasteiger partial charge on any atom is -0.494 e. The molecule has 0 spiro atoms. The van der Waals surface area contributed by atoms with Gasteiger partial charge in [0.25, 0.3) is 0 Å². The van der Waals surface area contributed by atoms with Crippen molar-refractivity contribution < 1.29 is 9.53 Å². The molecule has 1 aromatic rings. The summed E-state index contributed by atoms with van der Waals surface area (Å²) >= 11 is 0. The smallest absolute Gasteiger partial charge is 0.223 e. The predicted molar refractivity (Wildman–Crippen MR) is 79.9 cm³/mol. The van der Waals surface area contributed by atoms with Crippen molar-refractivity contribution in [2.75, 3.05) is 26.2 Å². The molecule has 110 valence electrons. The van der Waals surface area contributed by atoms with Gasteiger partial charge in [-0.05, 0) is 50.9 Å². The molecular weight excluding hydrogens is 252 g/mol. The van der Waals surface area contributed by atoms with Crippen molar-refractivity contribution in [1.82, 2.24) is 10.6 Å². The van der Waals surface area contributed by atoms with Crippen LogP contribution in [0.15, 0.2) is 24.3 Å². The summed E-state index contributed by atoms with van der Waals surface area (Å²) in [5, 5.41) is 6.32. The minimum absolute atomic E-state index is 0.179. The number of hydrogen-bond donors (Lipinski definition) is 2. The zero-order valence-corrected chi connectivity index (χ0v) is 12.2. The maximum atomic E-state index is 12.0. The topological polar surface area (TPSA) is 50.4 Å². The van der Waals surface area contributed by atoms with Gasteiger partial charge in [-0.3, -0.25) is 4.79 Å². The van der Waals surface area contributed by atoms with Crippen molar-refractivity contribution in [2.24, 2.45) is 5.92 Å². The molecular formula is C16H24N2O2. The Morgan fingerprint density at radius 2 is 2.10 bits per heavy atom. The molecule has 0 aliphatic carbocycles. The first-order valence-electron chi connectivity index (χ1n) is 7.50. The molecule has 0 aromatic heterocycles. The van der Waals surface area contributed by atoms with Gasteiger partial charge in [0.15, 0.2) is 0 Å². The highest BCUT2D eigenvalue weighted by Crippen LogP contribution is 2.18. The Balaban J connectivity index is 1.79. The van der Waals surface area contributed by atoms with Crippen LogP contribution in [0.3, 0.4) is 0 Å². The Kier molecular flexibility index (Phi) is 5.87. The average Bonchev–Trinajstić information content (AvgIpc) is 2.50. The normalized spacial score (nSPS) is 15.8. The van der Waals surface area contributed by atoms with E-state index in [0.29, 0.717) is 13.2 Å². The molecule has 1 saturated heterocycles. The second-order valence-corrected chi connectivity index (χ2v) is 5.11. The van der Waals surface area contributed by atoms with E-state index < -0.39 is 0 Å². The summed E-state index contributed by atoms with van der Waals surface area (Å²) < 4.78 is 5.59. The average molecular weight is 276 g/mol. The SMILES string of the molecule is CCOc1ccccc1CCNC(=O)C1CCNCC1. The molecule has 1 aliphatic rings. The zero-order valence-electron chi connectivity index (χ0n) is 12.2. The van der Waals surface area contributed by atoms with Gasteiger partial charge in [-0.1, -0.05) is 18.2 Å². The molecule has 2 N–H and O–H groups in total. The summed E-state index contributed by atoms with van der Waals surface area (Å²) in [6.07, 6.45) is 2.70.